The Labute approximate surface area is 139 Å². The Morgan fingerprint density at radius 2 is 1.96 bits per heavy atom. The van der Waals surface area contributed by atoms with Crippen LogP contribution in [0.2, 0.25) is 0 Å². The van der Waals surface area contributed by atoms with Gasteiger partial charge in [0.25, 0.3) is 10.0 Å². The highest BCUT2D eigenvalue weighted by Gasteiger charge is 2.41. The highest BCUT2D eigenvalue weighted by molar-refractivity contribution is 7.91. The van der Waals surface area contributed by atoms with Gasteiger partial charge < -0.3 is 9.80 Å². The quantitative estimate of drug-likeness (QED) is 0.722. The molecular formula is C14H19N3O4S2. The Morgan fingerprint density at radius 1 is 1.22 bits per heavy atom. The fourth-order valence-corrected chi connectivity index (χ4v) is 5.83. The van der Waals surface area contributed by atoms with Crippen LogP contribution >= 0.6 is 11.3 Å². The topological polar surface area (TPSA) is 78.0 Å². The number of amides is 2. The molecule has 1 aromatic rings. The molecule has 1 aromatic heterocycles. The van der Waals surface area contributed by atoms with Crippen molar-refractivity contribution in [3.8, 4) is 0 Å². The number of sulfonamides is 1. The Hall–Kier alpha value is -1.45. The molecule has 9 heteroatoms. The maximum Gasteiger partial charge on any atom is 0.253 e. The SMILES string of the molecule is O=CN1CCN(C(=O)C2CCCN2S(=O)(=O)c2cccs2)CC1. The van der Waals surface area contributed by atoms with Crippen molar-refractivity contribution in [1.82, 2.24) is 14.1 Å². The molecule has 3 rings (SSSR count). The predicted octanol–water partition coefficient (Wildman–Crippen LogP) is 0.202. The molecule has 2 saturated heterocycles. The number of nitrogens with zero attached hydrogens (tertiary/aromatic N) is 3. The maximum absolute atomic E-state index is 12.7. The van der Waals surface area contributed by atoms with Gasteiger partial charge in [-0.15, -0.1) is 11.3 Å². The van der Waals surface area contributed by atoms with Crippen molar-refractivity contribution in [1.29, 1.82) is 0 Å². The van der Waals surface area contributed by atoms with Crippen LogP contribution in [0.15, 0.2) is 21.7 Å². The third-order valence-electron chi connectivity index (χ3n) is 4.32. The van der Waals surface area contributed by atoms with Crippen molar-refractivity contribution in [3.05, 3.63) is 17.5 Å². The van der Waals surface area contributed by atoms with Crippen molar-refractivity contribution in [2.24, 2.45) is 0 Å². The zero-order chi connectivity index (χ0) is 16.4. The van der Waals surface area contributed by atoms with Crippen LogP contribution in [-0.4, -0.2) is 73.6 Å². The van der Waals surface area contributed by atoms with Gasteiger partial charge in [0, 0.05) is 32.7 Å². The lowest BCUT2D eigenvalue weighted by molar-refractivity contribution is -0.138. The summed E-state index contributed by atoms with van der Waals surface area (Å²) in [6, 6.07) is 2.65. The van der Waals surface area contributed by atoms with E-state index in [0.29, 0.717) is 45.6 Å². The van der Waals surface area contributed by atoms with E-state index in [1.54, 1.807) is 27.3 Å². The number of rotatable bonds is 4. The number of carbonyl (C=O) groups excluding carboxylic acids is 2. The first-order valence-corrected chi connectivity index (χ1v) is 9.89. The van der Waals surface area contributed by atoms with E-state index in [4.69, 9.17) is 0 Å². The van der Waals surface area contributed by atoms with Gasteiger partial charge in [-0.1, -0.05) is 6.07 Å². The van der Waals surface area contributed by atoms with E-state index in [-0.39, 0.29) is 10.1 Å². The lowest BCUT2D eigenvalue weighted by Gasteiger charge is -2.35. The standard InChI is InChI=1S/C14H19N3O4S2/c18-11-15-6-8-16(9-7-15)14(19)12-3-1-5-17(12)23(20,21)13-4-2-10-22-13/h2,4,10-12H,1,3,5-9H2. The van der Waals surface area contributed by atoms with Gasteiger partial charge in [-0.05, 0) is 24.3 Å². The van der Waals surface area contributed by atoms with Crippen molar-refractivity contribution in [3.63, 3.8) is 0 Å². The average molecular weight is 357 g/mol. The molecule has 2 aliphatic heterocycles. The Balaban J connectivity index is 1.74. The van der Waals surface area contributed by atoms with Crippen LogP contribution in [0.4, 0.5) is 0 Å². The summed E-state index contributed by atoms with van der Waals surface area (Å²) >= 11 is 1.17. The lowest BCUT2D eigenvalue weighted by Crippen LogP contribution is -2.54. The molecule has 0 bridgehead atoms. The largest absolute Gasteiger partial charge is 0.342 e. The number of hydrogen-bond acceptors (Lipinski definition) is 5. The summed E-state index contributed by atoms with van der Waals surface area (Å²) in [6.45, 7) is 2.30. The zero-order valence-corrected chi connectivity index (χ0v) is 14.3. The third kappa shape index (κ3) is 3.13. The lowest BCUT2D eigenvalue weighted by atomic mass is 10.2. The second-order valence-electron chi connectivity index (χ2n) is 5.67. The molecule has 2 amide bonds. The smallest absolute Gasteiger partial charge is 0.253 e. The van der Waals surface area contributed by atoms with Gasteiger partial charge in [0.15, 0.2) is 0 Å². The van der Waals surface area contributed by atoms with E-state index in [9.17, 15) is 18.0 Å². The summed E-state index contributed by atoms with van der Waals surface area (Å²) in [6.07, 6.45) is 2.03. The fraction of sp³-hybridized carbons (Fsp3) is 0.571. The van der Waals surface area contributed by atoms with Gasteiger partial charge in [-0.25, -0.2) is 8.42 Å². The summed E-state index contributed by atoms with van der Waals surface area (Å²) in [4.78, 5) is 26.8. The summed E-state index contributed by atoms with van der Waals surface area (Å²) in [5.41, 5.74) is 0. The van der Waals surface area contributed by atoms with Crippen LogP contribution in [-0.2, 0) is 19.6 Å². The van der Waals surface area contributed by atoms with E-state index < -0.39 is 16.1 Å². The van der Waals surface area contributed by atoms with E-state index >= 15 is 0 Å². The van der Waals surface area contributed by atoms with Crippen molar-refractivity contribution < 1.29 is 18.0 Å². The number of thiophene rings is 1. The summed E-state index contributed by atoms with van der Waals surface area (Å²) < 4.78 is 27.0. The summed E-state index contributed by atoms with van der Waals surface area (Å²) in [5.74, 6) is -0.145. The Morgan fingerprint density at radius 3 is 2.57 bits per heavy atom. The molecule has 0 aromatic carbocycles. The molecule has 126 valence electrons. The van der Waals surface area contributed by atoms with Crippen molar-refractivity contribution in [2.45, 2.75) is 23.1 Å². The van der Waals surface area contributed by atoms with Crippen LogP contribution in [0.5, 0.6) is 0 Å². The van der Waals surface area contributed by atoms with Gasteiger partial charge in [-0.3, -0.25) is 9.59 Å². The average Bonchev–Trinajstić information content (AvgIpc) is 3.25. The van der Waals surface area contributed by atoms with Crippen LogP contribution in [0.3, 0.4) is 0 Å². The Kier molecular flexibility index (Phi) is 4.69. The monoisotopic (exact) mass is 357 g/mol. The highest BCUT2D eigenvalue weighted by atomic mass is 32.2. The maximum atomic E-state index is 12.7. The predicted molar refractivity (Wildman–Crippen MR) is 85.4 cm³/mol. The molecule has 0 N–H and O–H groups in total. The minimum absolute atomic E-state index is 0.145. The van der Waals surface area contributed by atoms with E-state index in [1.165, 1.54) is 15.6 Å². The number of hydrogen-bond donors (Lipinski definition) is 0. The first kappa shape index (κ1) is 16.4. The molecule has 0 aliphatic carbocycles. The highest BCUT2D eigenvalue weighted by Crippen LogP contribution is 2.29. The van der Waals surface area contributed by atoms with Crippen LogP contribution in [0, 0.1) is 0 Å². The molecule has 0 saturated carbocycles. The van der Waals surface area contributed by atoms with Gasteiger partial charge >= 0.3 is 0 Å². The molecule has 0 radical (unpaired) electrons. The molecule has 3 heterocycles. The van der Waals surface area contributed by atoms with Crippen LogP contribution in [0.1, 0.15) is 12.8 Å². The minimum Gasteiger partial charge on any atom is -0.342 e. The Bertz CT molecular complexity index is 666. The van der Waals surface area contributed by atoms with E-state index in [2.05, 4.69) is 0 Å². The van der Waals surface area contributed by atoms with Gasteiger partial charge in [0.1, 0.15) is 10.3 Å². The fourth-order valence-electron chi connectivity index (χ4n) is 3.06. The normalized spacial score (nSPS) is 23.2. The summed E-state index contributed by atoms with van der Waals surface area (Å²) in [7, 11) is -3.61. The summed E-state index contributed by atoms with van der Waals surface area (Å²) in [5, 5.41) is 1.72. The molecule has 23 heavy (non-hydrogen) atoms. The van der Waals surface area contributed by atoms with E-state index in [1.807, 2.05) is 0 Å². The molecular weight excluding hydrogens is 338 g/mol. The minimum atomic E-state index is -3.61. The van der Waals surface area contributed by atoms with Gasteiger partial charge in [0.2, 0.25) is 12.3 Å². The molecule has 1 atom stereocenters. The number of carbonyl (C=O) groups is 2. The van der Waals surface area contributed by atoms with Crippen LogP contribution < -0.4 is 0 Å². The van der Waals surface area contributed by atoms with E-state index in [0.717, 1.165) is 6.41 Å². The number of piperazine rings is 1. The second-order valence-corrected chi connectivity index (χ2v) is 8.74. The third-order valence-corrected chi connectivity index (χ3v) is 7.60. The first-order valence-electron chi connectivity index (χ1n) is 7.57. The molecule has 1 unspecified atom stereocenters. The molecule has 2 aliphatic rings. The molecule has 2 fully saturated rings. The van der Waals surface area contributed by atoms with Gasteiger partial charge in [-0.2, -0.15) is 4.31 Å². The second kappa shape index (κ2) is 6.58. The first-order chi connectivity index (χ1) is 11.0. The van der Waals surface area contributed by atoms with Crippen molar-refractivity contribution in [2.75, 3.05) is 32.7 Å². The zero-order valence-electron chi connectivity index (χ0n) is 12.6. The van der Waals surface area contributed by atoms with Crippen molar-refractivity contribution >= 4 is 33.7 Å². The van der Waals surface area contributed by atoms with Gasteiger partial charge in [0.05, 0.1) is 0 Å². The molecule has 7 nitrogen and oxygen atoms in total. The molecule has 0 spiro atoms. The van der Waals surface area contributed by atoms with Crippen LogP contribution in [0.25, 0.3) is 0 Å².